The lowest BCUT2D eigenvalue weighted by Crippen LogP contribution is -2.47. The van der Waals surface area contributed by atoms with E-state index in [1.807, 2.05) is 0 Å². The molecule has 1 aliphatic rings. The van der Waals surface area contributed by atoms with Crippen molar-refractivity contribution in [3.63, 3.8) is 0 Å². The van der Waals surface area contributed by atoms with Crippen molar-refractivity contribution in [2.24, 2.45) is 0 Å². The van der Waals surface area contributed by atoms with Gasteiger partial charge in [0.1, 0.15) is 17.5 Å². The van der Waals surface area contributed by atoms with Gasteiger partial charge >= 0.3 is 6.03 Å². The first kappa shape index (κ1) is 20.7. The van der Waals surface area contributed by atoms with Gasteiger partial charge in [-0.05, 0) is 48.2 Å². The predicted molar refractivity (Wildman–Crippen MR) is 116 cm³/mol. The second-order valence-corrected chi connectivity index (χ2v) is 7.56. The molecule has 0 bridgehead atoms. The molecule has 0 spiro atoms. The number of nitrogens with one attached hydrogen (secondary N) is 1. The highest BCUT2D eigenvalue weighted by molar-refractivity contribution is 5.89. The zero-order chi connectivity index (χ0) is 21.8. The minimum atomic E-state index is -0.626. The summed E-state index contributed by atoms with van der Waals surface area (Å²) in [7, 11) is 1.79. The summed E-state index contributed by atoms with van der Waals surface area (Å²) in [6, 6.07) is 10.2. The van der Waals surface area contributed by atoms with Crippen molar-refractivity contribution in [2.75, 3.05) is 30.4 Å². The molecule has 3 aromatic rings. The van der Waals surface area contributed by atoms with E-state index in [0.717, 1.165) is 37.8 Å². The molecule has 1 fully saturated rings. The second kappa shape index (κ2) is 9.07. The highest BCUT2D eigenvalue weighted by Crippen LogP contribution is 2.24. The molecule has 160 valence electrons. The van der Waals surface area contributed by atoms with Crippen LogP contribution in [-0.2, 0) is 0 Å². The Morgan fingerprint density at radius 3 is 2.32 bits per heavy atom. The van der Waals surface area contributed by atoms with Gasteiger partial charge in [0.05, 0.1) is 6.20 Å². The Balaban J connectivity index is 1.34. The van der Waals surface area contributed by atoms with Gasteiger partial charge < -0.3 is 15.1 Å². The largest absolute Gasteiger partial charge is 0.355 e. The monoisotopic (exact) mass is 423 g/mol. The maximum Gasteiger partial charge on any atom is 0.321 e. The maximum atomic E-state index is 13.4. The molecule has 1 aliphatic heterocycles. The van der Waals surface area contributed by atoms with Gasteiger partial charge in [0.15, 0.2) is 0 Å². The van der Waals surface area contributed by atoms with Crippen LogP contribution in [0, 0.1) is 11.6 Å². The van der Waals surface area contributed by atoms with Gasteiger partial charge in [0.2, 0.25) is 0 Å². The SMILES string of the molecule is CN(C(=O)Nc1ccc(-c2cc(F)cc(F)c2)cc1)C1CCN(c2cnccn2)CC1. The molecule has 1 saturated heterocycles. The fourth-order valence-corrected chi connectivity index (χ4v) is 3.78. The number of benzene rings is 2. The lowest BCUT2D eigenvalue weighted by molar-refractivity contribution is 0.193. The van der Waals surface area contributed by atoms with E-state index in [1.54, 1.807) is 54.8 Å². The van der Waals surface area contributed by atoms with Gasteiger partial charge in [-0.2, -0.15) is 0 Å². The first-order valence-corrected chi connectivity index (χ1v) is 10.1. The van der Waals surface area contributed by atoms with Crippen LogP contribution in [0.3, 0.4) is 0 Å². The Kier molecular flexibility index (Phi) is 6.06. The number of urea groups is 1. The van der Waals surface area contributed by atoms with Gasteiger partial charge in [0, 0.05) is 50.3 Å². The zero-order valence-electron chi connectivity index (χ0n) is 17.1. The average molecular weight is 423 g/mol. The highest BCUT2D eigenvalue weighted by Gasteiger charge is 2.26. The van der Waals surface area contributed by atoms with Crippen LogP contribution in [0.15, 0.2) is 61.1 Å². The number of hydrogen-bond acceptors (Lipinski definition) is 4. The van der Waals surface area contributed by atoms with Gasteiger partial charge in [-0.1, -0.05) is 12.1 Å². The standard InChI is InChI=1S/C23H23F2N5O/c1-29(21-6-10-30(11-7-21)22-15-26-8-9-27-22)23(31)28-20-4-2-16(3-5-20)17-12-18(24)14-19(25)13-17/h2-5,8-9,12-15,21H,6-7,10-11H2,1H3,(H,28,31). The van der Waals surface area contributed by atoms with Crippen molar-refractivity contribution in [3.8, 4) is 11.1 Å². The number of piperidine rings is 1. The maximum absolute atomic E-state index is 13.4. The summed E-state index contributed by atoms with van der Waals surface area (Å²) >= 11 is 0. The molecule has 6 nitrogen and oxygen atoms in total. The van der Waals surface area contributed by atoms with Crippen LogP contribution >= 0.6 is 0 Å². The zero-order valence-corrected chi connectivity index (χ0v) is 17.1. The van der Waals surface area contributed by atoms with Gasteiger partial charge in [-0.15, -0.1) is 0 Å². The number of rotatable bonds is 4. The number of carbonyl (C=O) groups excluding carboxylic acids is 1. The van der Waals surface area contributed by atoms with Crippen molar-refractivity contribution in [1.29, 1.82) is 0 Å². The topological polar surface area (TPSA) is 61.4 Å². The lowest BCUT2D eigenvalue weighted by atomic mass is 10.0. The second-order valence-electron chi connectivity index (χ2n) is 7.56. The first-order valence-electron chi connectivity index (χ1n) is 10.1. The molecule has 1 aromatic heterocycles. The molecule has 4 rings (SSSR count). The molecule has 31 heavy (non-hydrogen) atoms. The van der Waals surface area contributed by atoms with Crippen LogP contribution < -0.4 is 10.2 Å². The Labute approximate surface area is 179 Å². The van der Waals surface area contributed by atoms with Crippen LogP contribution in [-0.4, -0.2) is 47.1 Å². The summed E-state index contributed by atoms with van der Waals surface area (Å²) in [5.41, 5.74) is 1.73. The molecular weight excluding hydrogens is 400 g/mol. The fraction of sp³-hybridized carbons (Fsp3) is 0.261. The fourth-order valence-electron chi connectivity index (χ4n) is 3.78. The third-order valence-corrected chi connectivity index (χ3v) is 5.54. The smallest absolute Gasteiger partial charge is 0.321 e. The highest BCUT2D eigenvalue weighted by atomic mass is 19.1. The van der Waals surface area contributed by atoms with Crippen LogP contribution in [0.1, 0.15) is 12.8 Å². The average Bonchev–Trinajstić information content (AvgIpc) is 2.79. The van der Waals surface area contributed by atoms with Crippen LogP contribution in [0.25, 0.3) is 11.1 Å². The third-order valence-electron chi connectivity index (χ3n) is 5.54. The van der Waals surface area contributed by atoms with E-state index >= 15 is 0 Å². The summed E-state index contributed by atoms with van der Waals surface area (Å²) < 4.78 is 26.9. The Morgan fingerprint density at radius 1 is 1.03 bits per heavy atom. The number of hydrogen-bond donors (Lipinski definition) is 1. The Bertz CT molecular complexity index is 1020. The Hall–Kier alpha value is -3.55. The van der Waals surface area contributed by atoms with E-state index in [0.29, 0.717) is 16.8 Å². The predicted octanol–water partition coefficient (Wildman–Crippen LogP) is 4.55. The molecule has 2 amide bonds. The third kappa shape index (κ3) is 4.96. The number of carbonyl (C=O) groups is 1. The molecule has 2 aromatic carbocycles. The summed E-state index contributed by atoms with van der Waals surface area (Å²) in [6.07, 6.45) is 6.75. The van der Waals surface area contributed by atoms with Crippen molar-refractivity contribution in [3.05, 3.63) is 72.7 Å². The molecule has 0 unspecified atom stereocenters. The summed E-state index contributed by atoms with van der Waals surface area (Å²) in [5.74, 6) is -0.398. The van der Waals surface area contributed by atoms with E-state index in [1.165, 1.54) is 12.1 Å². The molecule has 0 atom stereocenters. The number of amides is 2. The molecule has 0 saturated carbocycles. The van der Waals surface area contributed by atoms with Gasteiger partial charge in [0.25, 0.3) is 0 Å². The normalized spacial score (nSPS) is 14.4. The van der Waals surface area contributed by atoms with E-state index < -0.39 is 11.6 Å². The van der Waals surface area contributed by atoms with Crippen molar-refractivity contribution < 1.29 is 13.6 Å². The summed E-state index contributed by atoms with van der Waals surface area (Å²) in [4.78, 5) is 25.0. The van der Waals surface area contributed by atoms with E-state index in [-0.39, 0.29) is 12.1 Å². The Morgan fingerprint density at radius 2 is 1.71 bits per heavy atom. The van der Waals surface area contributed by atoms with E-state index in [9.17, 15) is 13.6 Å². The quantitative estimate of drug-likeness (QED) is 0.669. The minimum Gasteiger partial charge on any atom is -0.355 e. The first-order chi connectivity index (χ1) is 15.0. The summed E-state index contributed by atoms with van der Waals surface area (Å²) in [5, 5.41) is 2.89. The molecular formula is C23H23F2N5O. The minimum absolute atomic E-state index is 0.127. The molecule has 2 heterocycles. The van der Waals surface area contributed by atoms with E-state index in [4.69, 9.17) is 0 Å². The van der Waals surface area contributed by atoms with Crippen molar-refractivity contribution in [1.82, 2.24) is 14.9 Å². The molecule has 1 N–H and O–H groups in total. The number of nitrogens with zero attached hydrogens (tertiary/aromatic N) is 4. The van der Waals surface area contributed by atoms with Crippen LogP contribution in [0.2, 0.25) is 0 Å². The number of halogens is 2. The van der Waals surface area contributed by atoms with Crippen LogP contribution in [0.5, 0.6) is 0 Å². The van der Waals surface area contributed by atoms with Gasteiger partial charge in [-0.3, -0.25) is 4.98 Å². The van der Waals surface area contributed by atoms with Crippen LogP contribution in [0.4, 0.5) is 25.1 Å². The number of anilines is 2. The number of aromatic nitrogens is 2. The van der Waals surface area contributed by atoms with Gasteiger partial charge in [-0.25, -0.2) is 18.6 Å². The molecule has 8 heteroatoms. The molecule has 0 radical (unpaired) electrons. The molecule has 0 aliphatic carbocycles. The van der Waals surface area contributed by atoms with Crippen molar-refractivity contribution in [2.45, 2.75) is 18.9 Å². The van der Waals surface area contributed by atoms with E-state index in [2.05, 4.69) is 20.2 Å². The van der Waals surface area contributed by atoms with Crippen molar-refractivity contribution >= 4 is 17.5 Å². The summed E-state index contributed by atoms with van der Waals surface area (Å²) in [6.45, 7) is 1.61. The lowest BCUT2D eigenvalue weighted by Gasteiger charge is -2.37.